The molecule has 0 atom stereocenters. The van der Waals surface area contributed by atoms with Crippen molar-refractivity contribution < 1.29 is 73.0 Å². The average Bonchev–Trinajstić information content (AvgIpc) is 0. The van der Waals surface area contributed by atoms with Crippen LogP contribution in [0, 0.1) is 0 Å². The fraction of sp³-hybridized carbons (Fsp3) is 0. The van der Waals surface area contributed by atoms with Crippen molar-refractivity contribution in [2.75, 3.05) is 0 Å². The summed E-state index contributed by atoms with van der Waals surface area (Å²) in [5.74, 6) is 0. The Labute approximate surface area is 111 Å². The molecule has 0 bridgehead atoms. The molecule has 0 fully saturated rings. The van der Waals surface area contributed by atoms with Crippen LogP contribution in [0.4, 0.5) is 0 Å². The quantitative estimate of drug-likeness (QED) is 0.442. The summed E-state index contributed by atoms with van der Waals surface area (Å²) in [5.41, 5.74) is 0. The topological polar surface area (TPSA) is 0 Å². The Bertz CT molecular complexity index is 15.5. The minimum atomic E-state index is 0. The summed E-state index contributed by atoms with van der Waals surface area (Å²) in [6.45, 7) is 0. The summed E-state index contributed by atoms with van der Waals surface area (Å²) >= 11 is 0. The van der Waals surface area contributed by atoms with E-state index in [4.69, 9.17) is 0 Å². The van der Waals surface area contributed by atoms with Gasteiger partial charge in [-0.15, -0.1) is 0 Å². The van der Waals surface area contributed by atoms with Crippen LogP contribution in [0.15, 0.2) is 0 Å². The fourth-order valence-corrected chi connectivity index (χ4v) is 0. The molecule has 0 aromatic heterocycles. The summed E-state index contributed by atoms with van der Waals surface area (Å²) in [6, 6.07) is 0. The summed E-state index contributed by atoms with van der Waals surface area (Å²) in [7, 11) is 0. The zero-order chi connectivity index (χ0) is 0. The molecule has 0 aliphatic heterocycles. The molecule has 0 aliphatic rings. The van der Waals surface area contributed by atoms with E-state index in [1.807, 2.05) is 0 Å². The van der Waals surface area contributed by atoms with Crippen LogP contribution < -0.4 is 0 Å². The predicted molar refractivity (Wildman–Crippen MR) is 18.5 cm³/mol. The van der Waals surface area contributed by atoms with Gasteiger partial charge < -0.3 is 0 Å². The largest absolute Gasteiger partial charge is 0.316 e. The van der Waals surface area contributed by atoms with Crippen molar-refractivity contribution in [2.45, 2.75) is 0 Å². The molecule has 0 saturated carbocycles. The van der Waals surface area contributed by atoms with Crippen molar-refractivity contribution in [2.24, 2.45) is 0 Å². The van der Waals surface area contributed by atoms with Crippen LogP contribution in [0.3, 0.4) is 0 Å². The molecular formula is H5AgAlCuFeMgNi. The van der Waals surface area contributed by atoms with Crippen LogP contribution in [-0.4, -0.2) is 40.4 Å². The van der Waals surface area contributed by atoms with Gasteiger partial charge in [0.05, 0.1) is 0 Å². The van der Waals surface area contributed by atoms with Gasteiger partial charge in [-0.25, -0.2) is 0 Å². The maximum absolute atomic E-state index is 0. The second-order valence-corrected chi connectivity index (χ2v) is 0. The standard InChI is InChI=1S/Ag.Al.Cu.Fe.Mg.Ni.5H. The van der Waals surface area contributed by atoms with E-state index in [-0.39, 0.29) is 113 Å². The van der Waals surface area contributed by atoms with Crippen molar-refractivity contribution in [1.82, 2.24) is 0 Å². The molecule has 0 N–H and O–H groups in total. The van der Waals surface area contributed by atoms with Gasteiger partial charge in [0.1, 0.15) is 0 Å². The third kappa shape index (κ3) is 25.6. The van der Waals surface area contributed by atoms with E-state index < -0.39 is 0 Å². The van der Waals surface area contributed by atoms with Gasteiger partial charge in [-0.1, -0.05) is 0 Å². The van der Waals surface area contributed by atoms with Gasteiger partial charge in [0.15, 0.2) is 17.4 Å². The Kier molecular flexibility index (Phi) is 354. The van der Waals surface area contributed by atoms with Gasteiger partial charge in [0.25, 0.3) is 0 Å². The van der Waals surface area contributed by atoms with Crippen LogP contribution in [-0.2, 0) is 73.0 Å². The Balaban J connectivity index is 0. The van der Waals surface area contributed by atoms with E-state index in [2.05, 4.69) is 0 Å². The van der Waals surface area contributed by atoms with Crippen molar-refractivity contribution in [3.63, 3.8) is 0 Å². The molecular weight excluding hydrogens is 337 g/mol. The maximum Gasteiger partial charge on any atom is 0.316 e. The summed E-state index contributed by atoms with van der Waals surface area (Å²) in [4.78, 5) is 0. The normalized spacial score (nSPS) is 0. The number of hydrogen-bond acceptors (Lipinski definition) is 0. The molecule has 0 aromatic carbocycles. The molecule has 0 heterocycles. The van der Waals surface area contributed by atoms with E-state index in [9.17, 15) is 0 Å². The third-order valence-corrected chi connectivity index (χ3v) is 0. The second kappa shape index (κ2) is 38.5. The van der Waals surface area contributed by atoms with Crippen molar-refractivity contribution in [3.8, 4) is 0 Å². The van der Waals surface area contributed by atoms with E-state index in [0.717, 1.165) is 0 Å². The first-order valence-corrected chi connectivity index (χ1v) is 0. The van der Waals surface area contributed by atoms with Gasteiger partial charge in [-0.2, -0.15) is 0 Å². The second-order valence-electron chi connectivity index (χ2n) is 0. The van der Waals surface area contributed by atoms with Gasteiger partial charge in [0.2, 0.25) is 0 Å². The van der Waals surface area contributed by atoms with Crippen molar-refractivity contribution in [3.05, 3.63) is 0 Å². The van der Waals surface area contributed by atoms with Crippen molar-refractivity contribution in [1.29, 1.82) is 0 Å². The smallest absolute Gasteiger partial charge is 0 e. The zero-order valence-corrected chi connectivity index (χ0v) is 5.79. The Morgan fingerprint density at radius 3 is 1.00 bits per heavy atom. The molecule has 6 heteroatoms. The molecule has 6 heavy (non-hydrogen) atoms. The molecule has 2 radical (unpaired) electrons. The molecule has 0 saturated heterocycles. The van der Waals surface area contributed by atoms with E-state index >= 15 is 0 Å². The molecule has 0 unspecified atom stereocenters. The first kappa shape index (κ1) is 55.1. The molecule has 0 aromatic rings. The van der Waals surface area contributed by atoms with Crippen LogP contribution in [0.25, 0.3) is 0 Å². The maximum atomic E-state index is 0. The van der Waals surface area contributed by atoms with Gasteiger partial charge in [-0.05, 0) is 0 Å². The summed E-state index contributed by atoms with van der Waals surface area (Å²) < 4.78 is 0. The molecule has 0 amide bonds. The summed E-state index contributed by atoms with van der Waals surface area (Å²) in [6.07, 6.45) is 0. The van der Waals surface area contributed by atoms with Crippen LogP contribution in [0.1, 0.15) is 0 Å². The molecule has 0 nitrogen and oxygen atoms in total. The number of hydrogen-bond donors (Lipinski definition) is 0. The van der Waals surface area contributed by atoms with Gasteiger partial charge in [-0.3, -0.25) is 0 Å². The van der Waals surface area contributed by atoms with Crippen LogP contribution in [0.2, 0.25) is 0 Å². The van der Waals surface area contributed by atoms with Crippen molar-refractivity contribution >= 4 is 40.4 Å². The zero-order valence-electron chi connectivity index (χ0n) is 1.27. The number of rotatable bonds is 0. The fourth-order valence-electron chi connectivity index (χ4n) is 0. The van der Waals surface area contributed by atoms with Gasteiger partial charge >= 0.3 is 23.1 Å². The Morgan fingerprint density at radius 2 is 1.00 bits per heavy atom. The van der Waals surface area contributed by atoms with E-state index in [1.165, 1.54) is 0 Å². The van der Waals surface area contributed by atoms with Crippen LogP contribution in [0.5, 0.6) is 0 Å². The minimum absolute atomic E-state index is 0. The molecule has 50 valence electrons. The van der Waals surface area contributed by atoms with E-state index in [0.29, 0.717) is 0 Å². The van der Waals surface area contributed by atoms with Crippen LogP contribution >= 0.6 is 0 Å². The average molecular weight is 342 g/mol. The van der Waals surface area contributed by atoms with E-state index in [1.54, 1.807) is 0 Å². The Morgan fingerprint density at radius 1 is 1.00 bits per heavy atom. The summed E-state index contributed by atoms with van der Waals surface area (Å²) in [5, 5.41) is 0. The van der Waals surface area contributed by atoms with Gasteiger partial charge in [0, 0.05) is 73.0 Å². The predicted octanol–water partition coefficient (Wildman–Crippen LogP) is -2.11. The minimum Gasteiger partial charge on any atom is 0 e. The third-order valence-electron chi connectivity index (χ3n) is 0. The SMILES string of the molecule is [Ag].[AlH3].[Cu].[Fe].[MgH2].[Ni]. The monoisotopic (exact) mass is 340 g/mol. The molecule has 0 spiro atoms. The first-order valence-electron chi connectivity index (χ1n) is 0. The Hall–Kier alpha value is 3.57. The first-order chi connectivity index (χ1) is 0. The molecule has 0 rings (SSSR count). The molecule has 0 aliphatic carbocycles.